The Balaban J connectivity index is 1.54. The molecule has 1 N–H and O–H groups in total. The molecule has 140 valence electrons. The standard InChI is InChI=1S/C23H19FN2O2/c24-22-10-2-1-7-19(22)11-12-23(27)26-20-8-4-9-21(14-20)28-16-18-6-3-5-17(13-18)15-25/h1-10,13-14H,11-12,16H2,(H,26,27). The van der Waals surface area contributed by atoms with Gasteiger partial charge in [-0.05, 0) is 47.9 Å². The van der Waals surface area contributed by atoms with Crippen LogP contribution < -0.4 is 10.1 Å². The van der Waals surface area contributed by atoms with Gasteiger partial charge in [0.05, 0.1) is 11.6 Å². The number of halogens is 1. The Labute approximate surface area is 163 Å². The molecule has 0 aliphatic heterocycles. The molecule has 0 spiro atoms. The molecule has 1 amide bonds. The van der Waals surface area contributed by atoms with Crippen LogP contribution in [0.4, 0.5) is 10.1 Å². The van der Waals surface area contributed by atoms with Crippen LogP contribution in [0.5, 0.6) is 5.75 Å². The van der Waals surface area contributed by atoms with Gasteiger partial charge in [0.2, 0.25) is 5.91 Å². The molecule has 5 heteroatoms. The number of hydrogen-bond donors (Lipinski definition) is 1. The van der Waals surface area contributed by atoms with Crippen LogP contribution in [0.2, 0.25) is 0 Å². The van der Waals surface area contributed by atoms with Crippen molar-refractivity contribution in [2.24, 2.45) is 0 Å². The van der Waals surface area contributed by atoms with E-state index in [1.165, 1.54) is 6.07 Å². The van der Waals surface area contributed by atoms with Crippen molar-refractivity contribution in [2.75, 3.05) is 5.32 Å². The van der Waals surface area contributed by atoms with Gasteiger partial charge in [-0.2, -0.15) is 5.26 Å². The molecule has 0 fully saturated rings. The Morgan fingerprint density at radius 2 is 1.86 bits per heavy atom. The second kappa shape index (κ2) is 9.33. The number of benzene rings is 3. The number of aryl methyl sites for hydroxylation is 1. The Kier molecular flexibility index (Phi) is 6.37. The lowest BCUT2D eigenvalue weighted by atomic mass is 10.1. The fraction of sp³-hybridized carbons (Fsp3) is 0.130. The molecular weight excluding hydrogens is 355 g/mol. The van der Waals surface area contributed by atoms with Crippen molar-refractivity contribution in [3.05, 3.63) is 95.3 Å². The summed E-state index contributed by atoms with van der Waals surface area (Å²) in [6.07, 6.45) is 0.525. The third kappa shape index (κ3) is 5.42. The number of amides is 1. The quantitative estimate of drug-likeness (QED) is 0.643. The van der Waals surface area contributed by atoms with E-state index in [1.54, 1.807) is 54.6 Å². The van der Waals surface area contributed by atoms with E-state index < -0.39 is 0 Å². The highest BCUT2D eigenvalue weighted by atomic mass is 19.1. The summed E-state index contributed by atoms with van der Waals surface area (Å²) in [5, 5.41) is 11.8. The van der Waals surface area contributed by atoms with Crippen molar-refractivity contribution in [3.63, 3.8) is 0 Å². The van der Waals surface area contributed by atoms with Gasteiger partial charge in [-0.25, -0.2) is 4.39 Å². The minimum atomic E-state index is -0.300. The maximum absolute atomic E-state index is 13.6. The number of nitrogens with one attached hydrogen (secondary N) is 1. The van der Waals surface area contributed by atoms with Gasteiger partial charge in [0.25, 0.3) is 0 Å². The SMILES string of the molecule is N#Cc1cccc(COc2cccc(NC(=O)CCc3ccccc3F)c2)c1. The minimum Gasteiger partial charge on any atom is -0.489 e. The van der Waals surface area contributed by atoms with Crippen LogP contribution in [0, 0.1) is 17.1 Å². The zero-order valence-electron chi connectivity index (χ0n) is 15.2. The van der Waals surface area contributed by atoms with Crippen molar-refractivity contribution in [1.82, 2.24) is 0 Å². The minimum absolute atomic E-state index is 0.187. The lowest BCUT2D eigenvalue weighted by Gasteiger charge is -2.10. The largest absolute Gasteiger partial charge is 0.489 e. The van der Waals surface area contributed by atoms with Crippen molar-refractivity contribution < 1.29 is 13.9 Å². The molecule has 0 aliphatic carbocycles. The van der Waals surface area contributed by atoms with Gasteiger partial charge in [0.1, 0.15) is 18.2 Å². The Morgan fingerprint density at radius 1 is 1.04 bits per heavy atom. The molecular formula is C23H19FN2O2. The van der Waals surface area contributed by atoms with E-state index in [2.05, 4.69) is 11.4 Å². The zero-order valence-corrected chi connectivity index (χ0v) is 15.2. The van der Waals surface area contributed by atoms with Gasteiger partial charge in [0.15, 0.2) is 0 Å². The lowest BCUT2D eigenvalue weighted by molar-refractivity contribution is -0.116. The van der Waals surface area contributed by atoms with Crippen molar-refractivity contribution in [3.8, 4) is 11.8 Å². The fourth-order valence-electron chi connectivity index (χ4n) is 2.73. The molecule has 0 atom stereocenters. The van der Waals surface area contributed by atoms with Gasteiger partial charge in [-0.1, -0.05) is 36.4 Å². The molecule has 3 aromatic carbocycles. The van der Waals surface area contributed by atoms with Crippen LogP contribution in [-0.4, -0.2) is 5.91 Å². The first-order valence-corrected chi connectivity index (χ1v) is 8.89. The predicted molar refractivity (Wildman–Crippen MR) is 105 cm³/mol. The van der Waals surface area contributed by atoms with E-state index >= 15 is 0 Å². The average Bonchev–Trinajstić information content (AvgIpc) is 2.72. The first-order valence-electron chi connectivity index (χ1n) is 8.89. The molecule has 3 rings (SSSR count). The summed E-state index contributed by atoms with van der Waals surface area (Å²) in [6.45, 7) is 0.320. The van der Waals surface area contributed by atoms with Crippen molar-refractivity contribution in [2.45, 2.75) is 19.4 Å². The first-order chi connectivity index (χ1) is 13.6. The van der Waals surface area contributed by atoms with Crippen LogP contribution in [0.25, 0.3) is 0 Å². The van der Waals surface area contributed by atoms with Crippen LogP contribution in [0.15, 0.2) is 72.8 Å². The Hall–Kier alpha value is -3.65. The van der Waals surface area contributed by atoms with E-state index in [-0.39, 0.29) is 18.1 Å². The monoisotopic (exact) mass is 374 g/mol. The van der Waals surface area contributed by atoms with Gasteiger partial charge >= 0.3 is 0 Å². The normalized spacial score (nSPS) is 10.1. The fourth-order valence-corrected chi connectivity index (χ4v) is 2.73. The Morgan fingerprint density at radius 3 is 2.68 bits per heavy atom. The first kappa shape index (κ1) is 19.1. The molecule has 0 saturated carbocycles. The smallest absolute Gasteiger partial charge is 0.224 e. The topological polar surface area (TPSA) is 62.1 Å². The summed E-state index contributed by atoms with van der Waals surface area (Å²) in [4.78, 5) is 12.2. The van der Waals surface area contributed by atoms with Gasteiger partial charge in [-0.3, -0.25) is 4.79 Å². The number of carbonyl (C=O) groups is 1. The molecule has 3 aromatic rings. The number of nitriles is 1. The molecule has 0 bridgehead atoms. The maximum Gasteiger partial charge on any atom is 0.224 e. The summed E-state index contributed by atoms with van der Waals surface area (Å²) < 4.78 is 19.4. The summed E-state index contributed by atoms with van der Waals surface area (Å²) in [5.74, 6) is 0.113. The van der Waals surface area contributed by atoms with Gasteiger partial charge < -0.3 is 10.1 Å². The van der Waals surface area contributed by atoms with E-state index in [4.69, 9.17) is 10.00 Å². The van der Waals surface area contributed by atoms with E-state index in [1.807, 2.05) is 12.1 Å². The number of nitrogens with zero attached hydrogens (tertiary/aromatic N) is 1. The average molecular weight is 374 g/mol. The van der Waals surface area contributed by atoms with Crippen LogP contribution in [0.3, 0.4) is 0 Å². The Bertz CT molecular complexity index is 1010. The summed E-state index contributed by atoms with van der Waals surface area (Å²) in [5.41, 5.74) is 2.60. The molecule has 4 nitrogen and oxygen atoms in total. The second-order valence-corrected chi connectivity index (χ2v) is 6.27. The summed E-state index contributed by atoms with van der Waals surface area (Å²) in [7, 11) is 0. The third-order valence-corrected chi connectivity index (χ3v) is 4.16. The molecule has 28 heavy (non-hydrogen) atoms. The van der Waals surface area contributed by atoms with Gasteiger partial charge in [-0.15, -0.1) is 0 Å². The highest BCUT2D eigenvalue weighted by Crippen LogP contribution is 2.19. The molecule has 0 heterocycles. The van der Waals surface area contributed by atoms with Crippen LogP contribution >= 0.6 is 0 Å². The van der Waals surface area contributed by atoms with E-state index in [0.717, 1.165) is 5.56 Å². The van der Waals surface area contributed by atoms with Crippen molar-refractivity contribution >= 4 is 11.6 Å². The van der Waals surface area contributed by atoms with E-state index in [0.29, 0.717) is 35.6 Å². The number of anilines is 1. The van der Waals surface area contributed by atoms with Crippen LogP contribution in [-0.2, 0) is 17.8 Å². The number of ether oxygens (including phenoxy) is 1. The third-order valence-electron chi connectivity index (χ3n) is 4.16. The summed E-state index contributed by atoms with van der Waals surface area (Å²) >= 11 is 0. The van der Waals surface area contributed by atoms with E-state index in [9.17, 15) is 9.18 Å². The number of carbonyl (C=O) groups excluding carboxylic acids is 1. The number of rotatable bonds is 7. The van der Waals surface area contributed by atoms with Gasteiger partial charge in [0, 0.05) is 18.2 Å². The summed E-state index contributed by atoms with van der Waals surface area (Å²) in [6, 6.07) is 22.8. The maximum atomic E-state index is 13.6. The molecule has 0 aromatic heterocycles. The lowest BCUT2D eigenvalue weighted by Crippen LogP contribution is -2.12. The van der Waals surface area contributed by atoms with Crippen LogP contribution in [0.1, 0.15) is 23.1 Å². The second-order valence-electron chi connectivity index (χ2n) is 6.27. The highest BCUT2D eigenvalue weighted by Gasteiger charge is 2.07. The van der Waals surface area contributed by atoms with Crippen molar-refractivity contribution in [1.29, 1.82) is 5.26 Å². The molecule has 0 unspecified atom stereocenters. The highest BCUT2D eigenvalue weighted by molar-refractivity contribution is 5.91. The molecule has 0 radical (unpaired) electrons. The molecule has 0 aliphatic rings. The molecule has 0 saturated heterocycles. The predicted octanol–water partition coefficient (Wildman–Crippen LogP) is 4.85. The zero-order chi connectivity index (χ0) is 19.8. The number of hydrogen-bond acceptors (Lipinski definition) is 3.